The highest BCUT2D eigenvalue weighted by Gasteiger charge is 2.37. The van der Waals surface area contributed by atoms with E-state index in [-0.39, 0.29) is 11.3 Å². The van der Waals surface area contributed by atoms with E-state index < -0.39 is 17.3 Å². The van der Waals surface area contributed by atoms with Gasteiger partial charge in [0.15, 0.2) is 0 Å². The average Bonchev–Trinajstić information content (AvgIpc) is 2.37. The fraction of sp³-hybridized carbons (Fsp3) is 0.500. The Kier molecular flexibility index (Phi) is 3.77. The third-order valence-electron chi connectivity index (χ3n) is 3.64. The van der Waals surface area contributed by atoms with Crippen molar-refractivity contribution in [1.29, 1.82) is 0 Å². The Morgan fingerprint density at radius 1 is 1.30 bits per heavy atom. The van der Waals surface area contributed by atoms with Crippen LogP contribution in [0.1, 0.15) is 35.7 Å². The molecule has 0 bridgehead atoms. The molecule has 3 nitrogen and oxygen atoms in total. The van der Waals surface area contributed by atoms with Crippen molar-refractivity contribution in [2.75, 3.05) is 18.0 Å². The molecule has 1 aromatic carbocycles. The highest BCUT2D eigenvalue weighted by Crippen LogP contribution is 2.38. The molecule has 1 N–H and O–H groups in total. The summed E-state index contributed by atoms with van der Waals surface area (Å²) in [5, 5.41) is 9.86. The van der Waals surface area contributed by atoms with E-state index in [0.717, 1.165) is 6.07 Å². The number of carbonyl (C=O) groups is 1. The zero-order chi connectivity index (χ0) is 15.0. The third-order valence-corrected chi connectivity index (χ3v) is 3.64. The molecule has 110 valence electrons. The van der Waals surface area contributed by atoms with Crippen molar-refractivity contribution in [3.63, 3.8) is 0 Å². The van der Waals surface area contributed by atoms with Gasteiger partial charge < -0.3 is 10.0 Å². The van der Waals surface area contributed by atoms with E-state index in [2.05, 4.69) is 0 Å². The first-order chi connectivity index (χ1) is 9.23. The fourth-order valence-electron chi connectivity index (χ4n) is 2.36. The number of aldehydes is 1. The van der Waals surface area contributed by atoms with Crippen LogP contribution in [0.2, 0.25) is 0 Å². The summed E-state index contributed by atoms with van der Waals surface area (Å²) < 4.78 is 39.2. The maximum absolute atomic E-state index is 13.1. The lowest BCUT2D eigenvalue weighted by atomic mass is 9.93. The van der Waals surface area contributed by atoms with Crippen molar-refractivity contribution < 1.29 is 23.1 Å². The van der Waals surface area contributed by atoms with Crippen molar-refractivity contribution in [2.45, 2.75) is 31.5 Å². The molecule has 1 aromatic rings. The molecule has 0 unspecified atom stereocenters. The zero-order valence-corrected chi connectivity index (χ0v) is 11.1. The SMILES string of the molecule is CC1(O)CCN(c2ccc(C=O)cc2C(F)(F)F)CC1. The molecular weight excluding hydrogens is 271 g/mol. The van der Waals surface area contributed by atoms with E-state index >= 15 is 0 Å². The van der Waals surface area contributed by atoms with Crippen LogP contribution in [-0.2, 0) is 6.18 Å². The van der Waals surface area contributed by atoms with Crippen LogP contribution in [0.3, 0.4) is 0 Å². The Balaban J connectivity index is 2.34. The number of aliphatic hydroxyl groups is 1. The number of rotatable bonds is 2. The number of anilines is 1. The molecular formula is C14H16F3NO2. The van der Waals surface area contributed by atoms with Crippen LogP contribution < -0.4 is 4.90 Å². The van der Waals surface area contributed by atoms with Gasteiger partial charge in [0.25, 0.3) is 0 Å². The maximum atomic E-state index is 13.1. The monoisotopic (exact) mass is 287 g/mol. The van der Waals surface area contributed by atoms with Crippen LogP contribution in [0, 0.1) is 0 Å². The predicted molar refractivity (Wildman–Crippen MR) is 68.9 cm³/mol. The summed E-state index contributed by atoms with van der Waals surface area (Å²) in [4.78, 5) is 12.3. The standard InChI is InChI=1S/C14H16F3NO2/c1-13(20)4-6-18(7-5-13)12-3-2-10(9-19)8-11(12)14(15,16)17/h2-3,8-9,20H,4-7H2,1H3. The molecule has 1 aliphatic heterocycles. The number of benzene rings is 1. The van der Waals surface area contributed by atoms with Gasteiger partial charge in [0.05, 0.1) is 11.2 Å². The summed E-state index contributed by atoms with van der Waals surface area (Å²) in [6.45, 7) is 2.40. The smallest absolute Gasteiger partial charge is 0.390 e. The molecule has 6 heteroatoms. The van der Waals surface area contributed by atoms with E-state index in [1.54, 1.807) is 11.8 Å². The van der Waals surface area contributed by atoms with Crippen molar-refractivity contribution in [2.24, 2.45) is 0 Å². The second-order valence-corrected chi connectivity index (χ2v) is 5.38. The van der Waals surface area contributed by atoms with Crippen molar-refractivity contribution in [3.8, 4) is 0 Å². The molecule has 1 heterocycles. The molecule has 0 radical (unpaired) electrons. The van der Waals surface area contributed by atoms with Gasteiger partial charge in [-0.05, 0) is 38.0 Å². The van der Waals surface area contributed by atoms with Gasteiger partial charge in [-0.15, -0.1) is 0 Å². The quantitative estimate of drug-likeness (QED) is 0.850. The van der Waals surface area contributed by atoms with Crippen molar-refractivity contribution in [3.05, 3.63) is 29.3 Å². The Morgan fingerprint density at radius 2 is 1.90 bits per heavy atom. The highest BCUT2D eigenvalue weighted by atomic mass is 19.4. The molecule has 0 saturated carbocycles. The lowest BCUT2D eigenvalue weighted by Gasteiger charge is -2.38. The van der Waals surface area contributed by atoms with E-state index in [0.29, 0.717) is 32.2 Å². The van der Waals surface area contributed by atoms with Crippen molar-refractivity contribution in [1.82, 2.24) is 0 Å². The Hall–Kier alpha value is -1.56. The van der Waals surface area contributed by atoms with Crippen LogP contribution in [0.15, 0.2) is 18.2 Å². The number of carbonyl (C=O) groups excluding carboxylic acids is 1. The Morgan fingerprint density at radius 3 is 2.40 bits per heavy atom. The number of hydrogen-bond acceptors (Lipinski definition) is 3. The summed E-state index contributed by atoms with van der Waals surface area (Å²) in [6, 6.07) is 3.58. The Bertz CT molecular complexity index is 502. The molecule has 0 aliphatic carbocycles. The number of hydrogen-bond donors (Lipinski definition) is 1. The van der Waals surface area contributed by atoms with Crippen molar-refractivity contribution >= 4 is 12.0 Å². The molecule has 0 aromatic heterocycles. The van der Waals surface area contributed by atoms with E-state index in [1.807, 2.05) is 0 Å². The van der Waals surface area contributed by atoms with E-state index in [4.69, 9.17) is 0 Å². The van der Waals surface area contributed by atoms with E-state index in [1.165, 1.54) is 12.1 Å². The largest absolute Gasteiger partial charge is 0.418 e. The van der Waals surface area contributed by atoms with Gasteiger partial charge in [-0.3, -0.25) is 4.79 Å². The molecule has 0 atom stereocenters. The van der Waals surface area contributed by atoms with Gasteiger partial charge in [-0.25, -0.2) is 0 Å². The minimum Gasteiger partial charge on any atom is -0.390 e. The van der Waals surface area contributed by atoms with Gasteiger partial charge in [-0.1, -0.05) is 0 Å². The zero-order valence-electron chi connectivity index (χ0n) is 11.1. The fourth-order valence-corrected chi connectivity index (χ4v) is 2.36. The van der Waals surface area contributed by atoms with Crippen LogP contribution in [0.25, 0.3) is 0 Å². The van der Waals surface area contributed by atoms with E-state index in [9.17, 15) is 23.1 Å². The summed E-state index contributed by atoms with van der Waals surface area (Å²) in [6.07, 6.45) is -3.27. The van der Waals surface area contributed by atoms with Crippen LogP contribution >= 0.6 is 0 Å². The molecule has 1 saturated heterocycles. The minimum atomic E-state index is -4.51. The summed E-state index contributed by atoms with van der Waals surface area (Å²) >= 11 is 0. The lowest BCUT2D eigenvalue weighted by molar-refractivity contribution is -0.137. The predicted octanol–water partition coefficient (Wildman–Crippen LogP) is 2.87. The first-order valence-corrected chi connectivity index (χ1v) is 6.37. The van der Waals surface area contributed by atoms with Crippen LogP contribution in [0.4, 0.5) is 18.9 Å². The minimum absolute atomic E-state index is 0.00470. The molecule has 1 fully saturated rings. The molecule has 20 heavy (non-hydrogen) atoms. The first-order valence-electron chi connectivity index (χ1n) is 6.37. The number of halogens is 3. The van der Waals surface area contributed by atoms with Gasteiger partial charge in [-0.2, -0.15) is 13.2 Å². The topological polar surface area (TPSA) is 40.5 Å². The van der Waals surface area contributed by atoms with Crippen LogP contribution in [0.5, 0.6) is 0 Å². The van der Waals surface area contributed by atoms with Gasteiger partial charge in [0.2, 0.25) is 0 Å². The molecule has 0 amide bonds. The Labute approximate surface area is 115 Å². The lowest BCUT2D eigenvalue weighted by Crippen LogP contribution is -2.43. The maximum Gasteiger partial charge on any atom is 0.418 e. The van der Waals surface area contributed by atoms with Gasteiger partial charge in [0.1, 0.15) is 6.29 Å². The second-order valence-electron chi connectivity index (χ2n) is 5.38. The third kappa shape index (κ3) is 3.12. The number of piperidine rings is 1. The molecule has 1 aliphatic rings. The van der Waals surface area contributed by atoms with Gasteiger partial charge in [0, 0.05) is 24.3 Å². The molecule has 2 rings (SSSR count). The average molecular weight is 287 g/mol. The summed E-state index contributed by atoms with van der Waals surface area (Å²) in [5.74, 6) is 0. The summed E-state index contributed by atoms with van der Waals surface area (Å²) in [5.41, 5.74) is -1.55. The number of nitrogens with zero attached hydrogens (tertiary/aromatic N) is 1. The second kappa shape index (κ2) is 5.09. The summed E-state index contributed by atoms with van der Waals surface area (Å²) in [7, 11) is 0. The first kappa shape index (κ1) is 14.8. The van der Waals surface area contributed by atoms with Gasteiger partial charge >= 0.3 is 6.18 Å². The highest BCUT2D eigenvalue weighted by molar-refractivity contribution is 5.77. The number of alkyl halides is 3. The van der Waals surface area contributed by atoms with Crippen LogP contribution in [-0.4, -0.2) is 30.1 Å². The normalized spacial score (nSPS) is 18.9. The molecule has 0 spiro atoms.